The highest BCUT2D eigenvalue weighted by atomic mass is 32.2. The van der Waals surface area contributed by atoms with Gasteiger partial charge in [0.2, 0.25) is 0 Å². The lowest BCUT2D eigenvalue weighted by molar-refractivity contribution is 0.221. The molecule has 3 rings (SSSR count). The van der Waals surface area contributed by atoms with E-state index in [1.807, 2.05) is 19.1 Å². The molecule has 0 radical (unpaired) electrons. The molecule has 2 saturated heterocycles. The molecule has 1 nitrogen and oxygen atoms in total. The van der Waals surface area contributed by atoms with Crippen molar-refractivity contribution in [2.75, 3.05) is 24.6 Å². The molecule has 2 aliphatic rings. The zero-order chi connectivity index (χ0) is 13.9. The van der Waals surface area contributed by atoms with Crippen LogP contribution in [-0.4, -0.2) is 35.5 Å². The summed E-state index contributed by atoms with van der Waals surface area (Å²) in [5.41, 5.74) is 2.08. The standard InChI is InChI=1S/C17H24FNS/c1-13-10-14(2-3-17(13)18)11-15-4-7-19(12-15)16-5-8-20-9-6-16/h2-3,10,15-16H,4-9,11-12H2,1H3. The number of halogens is 1. The van der Waals surface area contributed by atoms with Gasteiger partial charge in [0.1, 0.15) is 5.82 Å². The number of nitrogens with zero attached hydrogens (tertiary/aromatic N) is 1. The van der Waals surface area contributed by atoms with Gasteiger partial charge in [-0.05, 0) is 73.8 Å². The fourth-order valence-corrected chi connectivity index (χ4v) is 4.66. The molecule has 0 N–H and O–H groups in total. The predicted molar refractivity (Wildman–Crippen MR) is 84.9 cm³/mol. The molecule has 1 aromatic carbocycles. The van der Waals surface area contributed by atoms with Crippen molar-refractivity contribution in [1.29, 1.82) is 0 Å². The van der Waals surface area contributed by atoms with Crippen LogP contribution in [0.1, 0.15) is 30.4 Å². The summed E-state index contributed by atoms with van der Waals surface area (Å²) >= 11 is 2.10. The number of thioether (sulfide) groups is 1. The molecule has 1 unspecified atom stereocenters. The van der Waals surface area contributed by atoms with Gasteiger partial charge in [-0.3, -0.25) is 0 Å². The molecular weight excluding hydrogens is 269 g/mol. The Bertz CT molecular complexity index is 456. The molecule has 0 spiro atoms. The molecule has 2 aliphatic heterocycles. The van der Waals surface area contributed by atoms with Crippen molar-refractivity contribution in [2.24, 2.45) is 5.92 Å². The maximum atomic E-state index is 13.3. The highest BCUT2D eigenvalue weighted by Gasteiger charge is 2.29. The summed E-state index contributed by atoms with van der Waals surface area (Å²) in [5, 5.41) is 0. The molecule has 2 fully saturated rings. The third kappa shape index (κ3) is 3.37. The molecule has 0 saturated carbocycles. The van der Waals surface area contributed by atoms with Crippen LogP contribution in [0.2, 0.25) is 0 Å². The van der Waals surface area contributed by atoms with Crippen LogP contribution in [0.4, 0.5) is 4.39 Å². The average molecular weight is 293 g/mol. The van der Waals surface area contributed by atoms with Crippen molar-refractivity contribution in [1.82, 2.24) is 4.90 Å². The lowest BCUT2D eigenvalue weighted by Crippen LogP contribution is -2.36. The Morgan fingerprint density at radius 1 is 1.25 bits per heavy atom. The Morgan fingerprint density at radius 3 is 2.80 bits per heavy atom. The Morgan fingerprint density at radius 2 is 2.05 bits per heavy atom. The van der Waals surface area contributed by atoms with Crippen LogP contribution < -0.4 is 0 Å². The van der Waals surface area contributed by atoms with E-state index in [9.17, 15) is 4.39 Å². The number of likely N-dealkylation sites (tertiary alicyclic amines) is 1. The molecule has 0 amide bonds. The molecule has 0 aromatic heterocycles. The van der Waals surface area contributed by atoms with E-state index in [4.69, 9.17) is 0 Å². The minimum absolute atomic E-state index is 0.0819. The number of rotatable bonds is 3. The van der Waals surface area contributed by atoms with E-state index in [1.165, 1.54) is 49.4 Å². The van der Waals surface area contributed by atoms with Crippen LogP contribution in [0.15, 0.2) is 18.2 Å². The maximum absolute atomic E-state index is 13.3. The third-order valence-corrected chi connectivity index (χ3v) is 5.82. The Kier molecular flexibility index (Phi) is 4.67. The van der Waals surface area contributed by atoms with Gasteiger partial charge in [0.05, 0.1) is 0 Å². The van der Waals surface area contributed by atoms with Gasteiger partial charge in [-0.25, -0.2) is 4.39 Å². The van der Waals surface area contributed by atoms with Gasteiger partial charge in [0.15, 0.2) is 0 Å². The van der Waals surface area contributed by atoms with Gasteiger partial charge >= 0.3 is 0 Å². The first-order chi connectivity index (χ1) is 9.72. The van der Waals surface area contributed by atoms with Gasteiger partial charge in [-0.15, -0.1) is 0 Å². The Labute approximate surface area is 125 Å². The first-order valence-corrected chi connectivity index (χ1v) is 8.94. The number of hydrogen-bond acceptors (Lipinski definition) is 2. The first-order valence-electron chi connectivity index (χ1n) is 7.79. The van der Waals surface area contributed by atoms with Gasteiger partial charge < -0.3 is 4.90 Å². The molecular formula is C17H24FNS. The topological polar surface area (TPSA) is 3.24 Å². The first kappa shape index (κ1) is 14.4. The molecule has 0 bridgehead atoms. The number of benzene rings is 1. The third-order valence-electron chi connectivity index (χ3n) is 4.77. The van der Waals surface area contributed by atoms with E-state index in [0.29, 0.717) is 0 Å². The van der Waals surface area contributed by atoms with Gasteiger partial charge in [-0.2, -0.15) is 11.8 Å². The fraction of sp³-hybridized carbons (Fsp3) is 0.647. The van der Waals surface area contributed by atoms with Crippen molar-refractivity contribution in [3.05, 3.63) is 35.1 Å². The van der Waals surface area contributed by atoms with Crippen molar-refractivity contribution in [3.8, 4) is 0 Å². The number of hydrogen-bond donors (Lipinski definition) is 0. The Hall–Kier alpha value is -0.540. The summed E-state index contributed by atoms with van der Waals surface area (Å²) < 4.78 is 13.3. The van der Waals surface area contributed by atoms with Crippen LogP contribution in [0, 0.1) is 18.7 Å². The van der Waals surface area contributed by atoms with E-state index in [2.05, 4.69) is 16.7 Å². The van der Waals surface area contributed by atoms with E-state index in [0.717, 1.165) is 23.9 Å². The SMILES string of the molecule is Cc1cc(CC2CCN(C3CCSCC3)C2)ccc1F. The highest BCUT2D eigenvalue weighted by molar-refractivity contribution is 7.99. The van der Waals surface area contributed by atoms with Crippen LogP contribution in [0.3, 0.4) is 0 Å². The van der Waals surface area contributed by atoms with Crippen LogP contribution in [0.25, 0.3) is 0 Å². The quantitative estimate of drug-likeness (QED) is 0.831. The van der Waals surface area contributed by atoms with E-state index in [-0.39, 0.29) is 5.82 Å². The normalized spacial score (nSPS) is 25.2. The molecule has 0 aliphatic carbocycles. The summed E-state index contributed by atoms with van der Waals surface area (Å²) in [7, 11) is 0. The Balaban J connectivity index is 1.55. The minimum atomic E-state index is -0.0819. The fourth-order valence-electron chi connectivity index (χ4n) is 3.58. The summed E-state index contributed by atoms with van der Waals surface area (Å²) in [6.07, 6.45) is 5.15. The average Bonchev–Trinajstić information content (AvgIpc) is 2.92. The second kappa shape index (κ2) is 6.48. The van der Waals surface area contributed by atoms with Gasteiger partial charge in [0.25, 0.3) is 0 Å². The van der Waals surface area contributed by atoms with E-state index < -0.39 is 0 Å². The molecule has 3 heteroatoms. The van der Waals surface area contributed by atoms with Crippen molar-refractivity contribution >= 4 is 11.8 Å². The second-order valence-electron chi connectivity index (χ2n) is 6.28. The summed E-state index contributed by atoms with van der Waals surface area (Å²) in [5.74, 6) is 3.35. The zero-order valence-corrected chi connectivity index (χ0v) is 13.1. The van der Waals surface area contributed by atoms with Crippen molar-refractivity contribution in [3.63, 3.8) is 0 Å². The molecule has 1 atom stereocenters. The molecule has 2 heterocycles. The number of aryl methyl sites for hydroxylation is 1. The second-order valence-corrected chi connectivity index (χ2v) is 7.51. The van der Waals surface area contributed by atoms with E-state index in [1.54, 1.807) is 6.07 Å². The van der Waals surface area contributed by atoms with Crippen LogP contribution in [0.5, 0.6) is 0 Å². The van der Waals surface area contributed by atoms with Crippen molar-refractivity contribution in [2.45, 2.75) is 38.6 Å². The zero-order valence-electron chi connectivity index (χ0n) is 12.3. The molecule has 20 heavy (non-hydrogen) atoms. The van der Waals surface area contributed by atoms with Crippen molar-refractivity contribution < 1.29 is 4.39 Å². The minimum Gasteiger partial charge on any atom is -0.300 e. The maximum Gasteiger partial charge on any atom is 0.126 e. The lowest BCUT2D eigenvalue weighted by atomic mass is 9.97. The molecule has 110 valence electrons. The summed E-state index contributed by atoms with van der Waals surface area (Å²) in [6.45, 7) is 4.37. The van der Waals surface area contributed by atoms with Gasteiger partial charge in [0, 0.05) is 12.6 Å². The highest BCUT2D eigenvalue weighted by Crippen LogP contribution is 2.28. The summed E-state index contributed by atoms with van der Waals surface area (Å²) in [4.78, 5) is 2.71. The summed E-state index contributed by atoms with van der Waals surface area (Å²) in [6, 6.07) is 6.43. The largest absolute Gasteiger partial charge is 0.300 e. The van der Waals surface area contributed by atoms with Crippen LogP contribution in [-0.2, 0) is 6.42 Å². The smallest absolute Gasteiger partial charge is 0.126 e. The molecule has 1 aromatic rings. The lowest BCUT2D eigenvalue weighted by Gasteiger charge is -2.30. The van der Waals surface area contributed by atoms with Crippen LogP contribution >= 0.6 is 11.8 Å². The predicted octanol–water partition coefficient (Wildman–Crippen LogP) is 3.89. The van der Waals surface area contributed by atoms with E-state index >= 15 is 0 Å². The monoisotopic (exact) mass is 293 g/mol. The van der Waals surface area contributed by atoms with Gasteiger partial charge in [-0.1, -0.05) is 12.1 Å².